The van der Waals surface area contributed by atoms with Crippen LogP contribution in [0.25, 0.3) is 32.6 Å². The van der Waals surface area contributed by atoms with Crippen LogP contribution >= 0.6 is 0 Å². The zero-order valence-electron chi connectivity index (χ0n) is 16.1. The molecule has 0 aliphatic carbocycles. The summed E-state index contributed by atoms with van der Waals surface area (Å²) >= 11 is 0. The Bertz CT molecular complexity index is 1140. The van der Waals surface area contributed by atoms with Gasteiger partial charge >= 0.3 is 0 Å². The van der Waals surface area contributed by atoms with E-state index >= 15 is 0 Å². The van der Waals surface area contributed by atoms with Crippen molar-refractivity contribution < 1.29 is 0 Å². The normalized spacial score (nSPS) is 11.6. The number of aryl methyl sites for hydroxylation is 1. The summed E-state index contributed by atoms with van der Waals surface area (Å²) < 4.78 is 2.36. The molecule has 0 fully saturated rings. The molecular weight excluding hydrogens is 330 g/mol. The Labute approximate surface area is 160 Å². The van der Waals surface area contributed by atoms with E-state index in [1.807, 2.05) is 24.3 Å². The zero-order chi connectivity index (χ0) is 18.6. The zero-order valence-corrected chi connectivity index (χ0v) is 16.1. The molecule has 0 spiro atoms. The van der Waals surface area contributed by atoms with Gasteiger partial charge in [0.2, 0.25) is 0 Å². The first-order valence-electron chi connectivity index (χ1n) is 10.2. The van der Waals surface area contributed by atoms with E-state index in [1.165, 1.54) is 37.5 Å². The predicted octanol–water partition coefficient (Wildman–Crippen LogP) is 6.67. The Morgan fingerprint density at radius 3 is 2.19 bits per heavy atom. The molecule has 0 bridgehead atoms. The van der Waals surface area contributed by atoms with Gasteiger partial charge in [-0.3, -0.25) is 4.79 Å². The summed E-state index contributed by atoms with van der Waals surface area (Å²) in [7, 11) is 0. The van der Waals surface area contributed by atoms with Crippen LogP contribution in [0.3, 0.4) is 0 Å². The average molecular weight is 357 g/mol. The molecule has 0 radical (unpaired) electrons. The van der Waals surface area contributed by atoms with Crippen LogP contribution in [0.1, 0.15) is 45.4 Å². The van der Waals surface area contributed by atoms with Crippen LogP contribution in [0.5, 0.6) is 0 Å². The molecule has 4 rings (SSSR count). The van der Waals surface area contributed by atoms with Crippen molar-refractivity contribution in [1.29, 1.82) is 0 Å². The summed E-state index contributed by atoms with van der Waals surface area (Å²) in [6.45, 7) is 3.21. The second-order valence-electron chi connectivity index (χ2n) is 7.48. The van der Waals surface area contributed by atoms with E-state index in [-0.39, 0.29) is 5.43 Å². The number of nitrogens with zero attached hydrogens (tertiary/aromatic N) is 1. The molecule has 27 heavy (non-hydrogen) atoms. The van der Waals surface area contributed by atoms with E-state index in [9.17, 15) is 4.79 Å². The lowest BCUT2D eigenvalue weighted by molar-refractivity contribution is 0.570. The first-order valence-corrected chi connectivity index (χ1v) is 10.2. The van der Waals surface area contributed by atoms with Gasteiger partial charge in [-0.2, -0.15) is 0 Å². The molecule has 0 aliphatic rings. The van der Waals surface area contributed by atoms with Crippen LogP contribution in [0, 0.1) is 0 Å². The number of unbranched alkanes of at least 4 members (excludes halogenated alkanes) is 5. The number of benzene rings is 3. The van der Waals surface area contributed by atoms with Crippen LogP contribution in [-0.4, -0.2) is 4.57 Å². The van der Waals surface area contributed by atoms with Crippen molar-refractivity contribution in [1.82, 2.24) is 4.57 Å². The molecule has 0 N–H and O–H groups in total. The standard InChI is InChI=1S/C25H27NO/c1-2-3-4-5-6-11-16-26-23-15-10-9-14-21(23)25(27)22-17-19-12-7-8-13-20(19)18-24(22)26/h7-10,12-15,17-18H,2-6,11,16H2,1H3. The minimum Gasteiger partial charge on any atom is -0.340 e. The van der Waals surface area contributed by atoms with Gasteiger partial charge in [0, 0.05) is 17.3 Å². The van der Waals surface area contributed by atoms with Gasteiger partial charge in [-0.05, 0) is 41.5 Å². The predicted molar refractivity (Wildman–Crippen MR) is 117 cm³/mol. The minimum atomic E-state index is 0.144. The molecule has 1 heterocycles. The van der Waals surface area contributed by atoms with Crippen molar-refractivity contribution in [3.05, 3.63) is 70.9 Å². The summed E-state index contributed by atoms with van der Waals surface area (Å²) in [5.74, 6) is 0. The number of hydrogen-bond acceptors (Lipinski definition) is 1. The van der Waals surface area contributed by atoms with Crippen LogP contribution in [-0.2, 0) is 6.54 Å². The fraction of sp³-hybridized carbons (Fsp3) is 0.320. The van der Waals surface area contributed by atoms with E-state index in [1.54, 1.807) is 0 Å². The summed E-state index contributed by atoms with van der Waals surface area (Å²) in [5.41, 5.74) is 2.26. The van der Waals surface area contributed by atoms with Crippen molar-refractivity contribution in [2.45, 2.75) is 52.0 Å². The number of aromatic nitrogens is 1. The summed E-state index contributed by atoms with van der Waals surface area (Å²) in [5, 5.41) is 3.98. The number of para-hydroxylation sites is 1. The summed E-state index contributed by atoms with van der Waals surface area (Å²) in [6.07, 6.45) is 7.63. The van der Waals surface area contributed by atoms with E-state index < -0.39 is 0 Å². The lowest BCUT2D eigenvalue weighted by atomic mass is 10.0. The van der Waals surface area contributed by atoms with Gasteiger partial charge < -0.3 is 4.57 Å². The van der Waals surface area contributed by atoms with Crippen molar-refractivity contribution in [2.24, 2.45) is 0 Å². The van der Waals surface area contributed by atoms with Crippen LogP contribution in [0.15, 0.2) is 65.5 Å². The Hall–Kier alpha value is -2.61. The third-order valence-electron chi connectivity index (χ3n) is 5.57. The molecule has 138 valence electrons. The molecule has 3 aromatic carbocycles. The minimum absolute atomic E-state index is 0.144. The van der Waals surface area contributed by atoms with Gasteiger partial charge in [-0.25, -0.2) is 0 Å². The Morgan fingerprint density at radius 1 is 0.704 bits per heavy atom. The molecule has 0 unspecified atom stereocenters. The van der Waals surface area contributed by atoms with Crippen LogP contribution < -0.4 is 5.43 Å². The highest BCUT2D eigenvalue weighted by molar-refractivity contribution is 6.01. The first-order chi connectivity index (χ1) is 13.3. The molecule has 0 aliphatic heterocycles. The monoisotopic (exact) mass is 357 g/mol. The average Bonchev–Trinajstić information content (AvgIpc) is 2.71. The topological polar surface area (TPSA) is 22.0 Å². The molecule has 4 aromatic rings. The summed E-state index contributed by atoms with van der Waals surface area (Å²) in [6, 6.07) is 20.6. The van der Waals surface area contributed by atoms with Gasteiger partial charge in [0.1, 0.15) is 0 Å². The quantitative estimate of drug-likeness (QED) is 0.267. The second kappa shape index (κ2) is 7.96. The lowest BCUT2D eigenvalue weighted by Crippen LogP contribution is -2.11. The maximum atomic E-state index is 13.1. The molecule has 0 saturated heterocycles. The van der Waals surface area contributed by atoms with Crippen molar-refractivity contribution in [3.63, 3.8) is 0 Å². The number of rotatable bonds is 7. The van der Waals surface area contributed by atoms with Gasteiger partial charge in [-0.1, -0.05) is 75.4 Å². The van der Waals surface area contributed by atoms with Crippen molar-refractivity contribution in [3.8, 4) is 0 Å². The molecule has 0 atom stereocenters. The number of fused-ring (bicyclic) bond motifs is 3. The first kappa shape index (κ1) is 17.8. The third kappa shape index (κ3) is 3.49. The number of pyridine rings is 1. The van der Waals surface area contributed by atoms with Crippen LogP contribution in [0.2, 0.25) is 0 Å². The van der Waals surface area contributed by atoms with Crippen molar-refractivity contribution in [2.75, 3.05) is 0 Å². The van der Waals surface area contributed by atoms with Crippen LogP contribution in [0.4, 0.5) is 0 Å². The van der Waals surface area contributed by atoms with Gasteiger partial charge in [-0.15, -0.1) is 0 Å². The molecule has 2 heteroatoms. The Balaban J connectivity index is 1.81. The number of hydrogen-bond donors (Lipinski definition) is 0. The fourth-order valence-electron chi connectivity index (χ4n) is 4.10. The fourth-order valence-corrected chi connectivity index (χ4v) is 4.10. The van der Waals surface area contributed by atoms with Gasteiger partial charge in [0.05, 0.1) is 11.0 Å². The molecule has 2 nitrogen and oxygen atoms in total. The van der Waals surface area contributed by atoms with Gasteiger partial charge in [0.15, 0.2) is 5.43 Å². The highest BCUT2D eigenvalue weighted by Crippen LogP contribution is 2.25. The van der Waals surface area contributed by atoms with E-state index in [0.29, 0.717) is 0 Å². The SMILES string of the molecule is CCCCCCCCn1c2ccccc2c(=O)c2cc3ccccc3cc21. The molecule has 0 saturated carbocycles. The van der Waals surface area contributed by atoms with E-state index in [0.717, 1.165) is 40.2 Å². The Morgan fingerprint density at radius 2 is 1.37 bits per heavy atom. The molecular formula is C25H27NO. The Kier molecular flexibility index (Phi) is 5.24. The largest absolute Gasteiger partial charge is 0.340 e. The highest BCUT2D eigenvalue weighted by atomic mass is 16.1. The maximum Gasteiger partial charge on any atom is 0.197 e. The van der Waals surface area contributed by atoms with E-state index in [4.69, 9.17) is 0 Å². The summed E-state index contributed by atoms with van der Waals surface area (Å²) in [4.78, 5) is 13.1. The molecule has 0 amide bonds. The third-order valence-corrected chi connectivity index (χ3v) is 5.57. The highest BCUT2D eigenvalue weighted by Gasteiger charge is 2.11. The van der Waals surface area contributed by atoms with E-state index in [2.05, 4.69) is 47.9 Å². The smallest absolute Gasteiger partial charge is 0.197 e. The van der Waals surface area contributed by atoms with Crippen molar-refractivity contribution >= 4 is 32.6 Å². The lowest BCUT2D eigenvalue weighted by Gasteiger charge is -2.16. The second-order valence-corrected chi connectivity index (χ2v) is 7.48. The molecule has 1 aromatic heterocycles. The maximum absolute atomic E-state index is 13.1. The van der Waals surface area contributed by atoms with Gasteiger partial charge in [0.25, 0.3) is 0 Å².